The molecule has 1 aliphatic rings. The molecule has 0 fully saturated rings. The van der Waals surface area contributed by atoms with E-state index in [0.717, 1.165) is 24.1 Å². The van der Waals surface area contributed by atoms with Gasteiger partial charge in [-0.2, -0.15) is 0 Å². The van der Waals surface area contributed by atoms with Gasteiger partial charge < -0.3 is 5.11 Å². The van der Waals surface area contributed by atoms with Crippen molar-refractivity contribution in [2.75, 3.05) is 13.1 Å². The predicted octanol–water partition coefficient (Wildman–Crippen LogP) is 3.45. The lowest BCUT2D eigenvalue weighted by Crippen LogP contribution is -2.39. The molecule has 4 heteroatoms. The summed E-state index contributed by atoms with van der Waals surface area (Å²) in [6.07, 6.45) is 5.03. The summed E-state index contributed by atoms with van der Waals surface area (Å²) in [6.45, 7) is 1.45. The van der Waals surface area contributed by atoms with Crippen molar-refractivity contribution in [3.05, 3.63) is 63.9 Å². The van der Waals surface area contributed by atoms with Crippen molar-refractivity contribution in [2.24, 2.45) is 0 Å². The number of thiophene rings is 1. The summed E-state index contributed by atoms with van der Waals surface area (Å²) >= 11 is 1.66. The Morgan fingerprint density at radius 3 is 2.90 bits per heavy atom. The van der Waals surface area contributed by atoms with E-state index in [1.165, 1.54) is 4.88 Å². The monoisotopic (exact) mass is 299 g/mol. The van der Waals surface area contributed by atoms with Gasteiger partial charge in [0.15, 0.2) is 0 Å². The van der Waals surface area contributed by atoms with Crippen LogP contribution in [-0.4, -0.2) is 29.1 Å². The quantitative estimate of drug-likeness (QED) is 0.940. The molecule has 1 N–H and O–H groups in total. The smallest absolute Gasteiger partial charge is 0.325 e. The van der Waals surface area contributed by atoms with Gasteiger partial charge in [-0.1, -0.05) is 42.5 Å². The second kappa shape index (κ2) is 6.24. The van der Waals surface area contributed by atoms with Crippen LogP contribution in [0.1, 0.15) is 22.0 Å². The second-order valence-corrected chi connectivity index (χ2v) is 6.10. The van der Waals surface area contributed by atoms with E-state index in [4.69, 9.17) is 0 Å². The zero-order valence-electron chi connectivity index (χ0n) is 11.6. The highest BCUT2D eigenvalue weighted by Crippen LogP contribution is 2.33. The number of benzene rings is 1. The van der Waals surface area contributed by atoms with E-state index in [0.29, 0.717) is 6.54 Å². The van der Waals surface area contributed by atoms with Crippen LogP contribution < -0.4 is 0 Å². The molecule has 0 bridgehead atoms. The zero-order valence-corrected chi connectivity index (χ0v) is 12.4. The number of rotatable bonds is 4. The maximum Gasteiger partial charge on any atom is 0.325 e. The third kappa shape index (κ3) is 3.06. The largest absolute Gasteiger partial charge is 0.480 e. The molecule has 2 heterocycles. The van der Waals surface area contributed by atoms with Crippen molar-refractivity contribution in [2.45, 2.75) is 12.5 Å². The lowest BCUT2D eigenvalue weighted by molar-refractivity contribution is -0.143. The Morgan fingerprint density at radius 1 is 1.33 bits per heavy atom. The Kier molecular flexibility index (Phi) is 4.18. The van der Waals surface area contributed by atoms with Crippen molar-refractivity contribution < 1.29 is 9.90 Å². The average molecular weight is 299 g/mol. The normalized spacial score (nSPS) is 18.8. The third-order valence-corrected chi connectivity index (χ3v) is 4.75. The fraction of sp³-hybridized carbons (Fsp3) is 0.235. The van der Waals surface area contributed by atoms with Crippen molar-refractivity contribution >= 4 is 23.4 Å². The number of carboxylic acids is 1. The minimum absolute atomic E-state index is 0.513. The molecule has 1 atom stereocenters. The van der Waals surface area contributed by atoms with Gasteiger partial charge in [0.2, 0.25) is 0 Å². The number of aliphatic carboxylic acids is 1. The molecule has 2 aromatic rings. The van der Waals surface area contributed by atoms with Crippen molar-refractivity contribution in [3.8, 4) is 0 Å². The SMILES string of the molecule is O=C(O)C1c2ccsc2CCN1CC=Cc1ccccc1. The molecule has 108 valence electrons. The Balaban J connectivity index is 1.73. The van der Waals surface area contributed by atoms with E-state index in [9.17, 15) is 9.90 Å². The number of hydrogen-bond donors (Lipinski definition) is 1. The molecule has 3 rings (SSSR count). The van der Waals surface area contributed by atoms with Gasteiger partial charge in [0.1, 0.15) is 6.04 Å². The Bertz CT molecular complexity index is 648. The minimum Gasteiger partial charge on any atom is -0.480 e. The fourth-order valence-corrected chi connectivity index (χ4v) is 3.65. The highest BCUT2D eigenvalue weighted by molar-refractivity contribution is 7.10. The molecule has 0 saturated heterocycles. The Hall–Kier alpha value is -1.91. The zero-order chi connectivity index (χ0) is 14.7. The molecular weight excluding hydrogens is 282 g/mol. The van der Waals surface area contributed by atoms with E-state index in [1.54, 1.807) is 11.3 Å². The molecule has 1 aliphatic heterocycles. The first-order valence-corrected chi connectivity index (χ1v) is 7.88. The molecule has 3 nitrogen and oxygen atoms in total. The van der Waals surface area contributed by atoms with E-state index in [-0.39, 0.29) is 0 Å². The van der Waals surface area contributed by atoms with Crippen LogP contribution >= 0.6 is 11.3 Å². The van der Waals surface area contributed by atoms with E-state index < -0.39 is 12.0 Å². The summed E-state index contributed by atoms with van der Waals surface area (Å²) in [5.74, 6) is -0.762. The topological polar surface area (TPSA) is 40.5 Å². The van der Waals surface area contributed by atoms with Crippen LogP contribution in [0.25, 0.3) is 6.08 Å². The summed E-state index contributed by atoms with van der Waals surface area (Å²) in [5.41, 5.74) is 2.10. The first-order valence-electron chi connectivity index (χ1n) is 7.00. The van der Waals surface area contributed by atoms with Gasteiger partial charge in [-0.3, -0.25) is 9.69 Å². The van der Waals surface area contributed by atoms with Gasteiger partial charge in [0, 0.05) is 18.0 Å². The van der Waals surface area contributed by atoms with Gasteiger partial charge in [-0.15, -0.1) is 11.3 Å². The Labute approximate surface area is 128 Å². The van der Waals surface area contributed by atoms with Gasteiger partial charge >= 0.3 is 5.97 Å². The average Bonchev–Trinajstić information content (AvgIpc) is 2.96. The Morgan fingerprint density at radius 2 is 2.14 bits per heavy atom. The molecule has 0 amide bonds. The lowest BCUT2D eigenvalue weighted by atomic mass is 10.00. The van der Waals surface area contributed by atoms with Crippen LogP contribution in [0.3, 0.4) is 0 Å². The first kappa shape index (κ1) is 14.0. The van der Waals surface area contributed by atoms with E-state index in [1.807, 2.05) is 58.8 Å². The second-order valence-electron chi connectivity index (χ2n) is 5.10. The summed E-state index contributed by atoms with van der Waals surface area (Å²) in [5, 5.41) is 11.5. The van der Waals surface area contributed by atoms with Crippen LogP contribution in [-0.2, 0) is 11.2 Å². The summed E-state index contributed by atoms with van der Waals surface area (Å²) in [7, 11) is 0. The molecule has 1 aromatic heterocycles. The number of carbonyl (C=O) groups is 1. The van der Waals surface area contributed by atoms with Gasteiger partial charge in [0.05, 0.1) is 0 Å². The number of carboxylic acid groups (broad SMARTS) is 1. The molecule has 1 aromatic carbocycles. The maximum atomic E-state index is 11.6. The number of fused-ring (bicyclic) bond motifs is 1. The molecule has 0 spiro atoms. The summed E-state index contributed by atoms with van der Waals surface area (Å²) in [6, 6.07) is 11.5. The number of hydrogen-bond acceptors (Lipinski definition) is 3. The highest BCUT2D eigenvalue weighted by Gasteiger charge is 2.32. The van der Waals surface area contributed by atoms with Gasteiger partial charge in [-0.05, 0) is 29.0 Å². The molecule has 0 saturated carbocycles. The maximum absolute atomic E-state index is 11.6. The summed E-state index contributed by atoms with van der Waals surface area (Å²) in [4.78, 5) is 14.8. The molecular formula is C17H17NO2S. The molecule has 21 heavy (non-hydrogen) atoms. The lowest BCUT2D eigenvalue weighted by Gasteiger charge is -2.32. The number of nitrogens with zero attached hydrogens (tertiary/aromatic N) is 1. The molecule has 1 unspecified atom stereocenters. The van der Waals surface area contributed by atoms with E-state index in [2.05, 4.69) is 0 Å². The van der Waals surface area contributed by atoms with Gasteiger partial charge in [-0.25, -0.2) is 0 Å². The van der Waals surface area contributed by atoms with Crippen LogP contribution in [0.4, 0.5) is 0 Å². The summed E-state index contributed by atoms with van der Waals surface area (Å²) < 4.78 is 0. The van der Waals surface area contributed by atoms with Crippen LogP contribution in [0.5, 0.6) is 0 Å². The first-order chi connectivity index (χ1) is 10.3. The fourth-order valence-electron chi connectivity index (χ4n) is 2.74. The standard InChI is InChI=1S/C17H17NO2S/c19-17(20)16-14-9-12-21-15(14)8-11-18(16)10-4-7-13-5-2-1-3-6-13/h1-7,9,12,16H,8,10-11H2,(H,19,20). The molecule has 0 radical (unpaired) electrons. The highest BCUT2D eigenvalue weighted by atomic mass is 32.1. The van der Waals surface area contributed by atoms with Crippen molar-refractivity contribution in [1.82, 2.24) is 4.90 Å². The van der Waals surface area contributed by atoms with Crippen molar-refractivity contribution in [1.29, 1.82) is 0 Å². The van der Waals surface area contributed by atoms with E-state index >= 15 is 0 Å². The molecule has 0 aliphatic carbocycles. The van der Waals surface area contributed by atoms with Crippen LogP contribution in [0, 0.1) is 0 Å². The van der Waals surface area contributed by atoms with Crippen LogP contribution in [0.15, 0.2) is 47.9 Å². The predicted molar refractivity (Wildman–Crippen MR) is 85.4 cm³/mol. The minimum atomic E-state index is -0.762. The third-order valence-electron chi connectivity index (χ3n) is 3.75. The van der Waals surface area contributed by atoms with Gasteiger partial charge in [0.25, 0.3) is 0 Å². The van der Waals surface area contributed by atoms with Crippen molar-refractivity contribution in [3.63, 3.8) is 0 Å². The van der Waals surface area contributed by atoms with Crippen LogP contribution in [0.2, 0.25) is 0 Å².